The Balaban J connectivity index is 3.51. The van der Waals surface area contributed by atoms with Crippen LogP contribution in [-0.2, 0) is 25.7 Å². The standard InChI is InChI=1S/C18H32N2/c1-5-9-13-14(10-6-2)17(19)16(12-8-4)18(20)15(13)11-7-3/h5-12,19-20H2,1-4H3. The highest BCUT2D eigenvalue weighted by molar-refractivity contribution is 5.72. The summed E-state index contributed by atoms with van der Waals surface area (Å²) in [5.41, 5.74) is 20.3. The quantitative estimate of drug-likeness (QED) is 0.678. The number of nitrogen functional groups attached to an aromatic ring is 2. The van der Waals surface area contributed by atoms with Crippen LogP contribution in [0.1, 0.15) is 75.6 Å². The minimum Gasteiger partial charge on any atom is -0.398 e. The molecular formula is C18H32N2. The summed E-state index contributed by atoms with van der Waals surface area (Å²) < 4.78 is 0. The number of hydrogen-bond acceptors (Lipinski definition) is 2. The van der Waals surface area contributed by atoms with Gasteiger partial charge in [0.25, 0.3) is 0 Å². The summed E-state index contributed by atoms with van der Waals surface area (Å²) >= 11 is 0. The van der Waals surface area contributed by atoms with E-state index in [9.17, 15) is 0 Å². The Morgan fingerprint density at radius 3 is 1.15 bits per heavy atom. The fourth-order valence-electron chi connectivity index (χ4n) is 3.16. The van der Waals surface area contributed by atoms with E-state index in [0.717, 1.165) is 62.7 Å². The van der Waals surface area contributed by atoms with Crippen LogP contribution < -0.4 is 11.5 Å². The molecule has 0 aliphatic carbocycles. The maximum atomic E-state index is 6.47. The van der Waals surface area contributed by atoms with Gasteiger partial charge < -0.3 is 11.5 Å². The minimum absolute atomic E-state index is 0.981. The van der Waals surface area contributed by atoms with Crippen LogP contribution in [0.4, 0.5) is 11.4 Å². The summed E-state index contributed by atoms with van der Waals surface area (Å²) in [5, 5.41) is 0. The lowest BCUT2D eigenvalue weighted by atomic mass is 9.86. The van der Waals surface area contributed by atoms with Gasteiger partial charge in [-0.1, -0.05) is 53.4 Å². The molecule has 4 N–H and O–H groups in total. The van der Waals surface area contributed by atoms with Crippen molar-refractivity contribution in [3.8, 4) is 0 Å². The molecule has 0 saturated heterocycles. The fraction of sp³-hybridized carbons (Fsp3) is 0.667. The van der Waals surface area contributed by atoms with Crippen molar-refractivity contribution in [3.05, 3.63) is 22.3 Å². The van der Waals surface area contributed by atoms with Crippen LogP contribution in [0.25, 0.3) is 0 Å². The van der Waals surface area contributed by atoms with Crippen molar-refractivity contribution in [2.45, 2.75) is 79.1 Å². The van der Waals surface area contributed by atoms with Gasteiger partial charge in [-0.15, -0.1) is 0 Å². The Labute approximate surface area is 124 Å². The molecule has 1 rings (SSSR count). The molecule has 0 radical (unpaired) electrons. The minimum atomic E-state index is 0.981. The molecule has 0 aliphatic heterocycles. The van der Waals surface area contributed by atoms with Gasteiger partial charge in [0.05, 0.1) is 0 Å². The zero-order valence-corrected chi connectivity index (χ0v) is 13.8. The van der Waals surface area contributed by atoms with Crippen LogP contribution in [0.3, 0.4) is 0 Å². The number of hydrogen-bond donors (Lipinski definition) is 2. The van der Waals surface area contributed by atoms with Crippen molar-refractivity contribution >= 4 is 11.4 Å². The Hall–Kier alpha value is -1.18. The van der Waals surface area contributed by atoms with Crippen LogP contribution in [0, 0.1) is 0 Å². The zero-order valence-electron chi connectivity index (χ0n) is 13.8. The molecule has 0 bridgehead atoms. The van der Waals surface area contributed by atoms with E-state index in [0.29, 0.717) is 0 Å². The van der Waals surface area contributed by atoms with Crippen LogP contribution in [-0.4, -0.2) is 0 Å². The SMILES string of the molecule is CCCc1c(N)c(CCC)c(CCC)c(CCC)c1N. The molecule has 2 nitrogen and oxygen atoms in total. The normalized spacial score (nSPS) is 11.0. The Bertz CT molecular complexity index is 403. The van der Waals surface area contributed by atoms with Crippen LogP contribution >= 0.6 is 0 Å². The number of anilines is 2. The van der Waals surface area contributed by atoms with Gasteiger partial charge in [-0.05, 0) is 47.9 Å². The topological polar surface area (TPSA) is 52.0 Å². The molecule has 0 atom stereocenters. The molecule has 0 fully saturated rings. The highest BCUT2D eigenvalue weighted by atomic mass is 14.6. The summed E-state index contributed by atoms with van der Waals surface area (Å²) in [7, 11) is 0. The van der Waals surface area contributed by atoms with Gasteiger partial charge in [0.2, 0.25) is 0 Å². The van der Waals surface area contributed by atoms with Gasteiger partial charge in [0.1, 0.15) is 0 Å². The summed E-state index contributed by atoms with van der Waals surface area (Å²) in [4.78, 5) is 0. The summed E-state index contributed by atoms with van der Waals surface area (Å²) in [6.07, 6.45) is 8.79. The third kappa shape index (κ3) is 3.47. The predicted molar refractivity (Wildman–Crippen MR) is 91.2 cm³/mol. The first-order valence-corrected chi connectivity index (χ1v) is 8.32. The van der Waals surface area contributed by atoms with Crippen LogP contribution in [0.2, 0.25) is 0 Å². The lowest BCUT2D eigenvalue weighted by Crippen LogP contribution is -2.13. The second kappa shape index (κ2) is 8.18. The summed E-state index contributed by atoms with van der Waals surface area (Å²) in [5.74, 6) is 0. The molecule has 0 heterocycles. The Morgan fingerprint density at radius 1 is 0.500 bits per heavy atom. The molecule has 2 heteroatoms. The lowest BCUT2D eigenvalue weighted by molar-refractivity contribution is 0.820. The maximum Gasteiger partial charge on any atom is 0.0402 e. The molecule has 0 amide bonds. The van der Waals surface area contributed by atoms with Gasteiger partial charge in [0.15, 0.2) is 0 Å². The molecule has 0 saturated carbocycles. The van der Waals surface area contributed by atoms with Crippen molar-refractivity contribution in [1.29, 1.82) is 0 Å². The molecule has 114 valence electrons. The predicted octanol–water partition coefficient (Wildman–Crippen LogP) is 4.66. The van der Waals surface area contributed by atoms with Gasteiger partial charge in [-0.25, -0.2) is 0 Å². The van der Waals surface area contributed by atoms with E-state index >= 15 is 0 Å². The number of nitrogens with two attached hydrogens (primary N) is 2. The first-order chi connectivity index (χ1) is 9.62. The first kappa shape index (κ1) is 16.9. The summed E-state index contributed by atoms with van der Waals surface area (Å²) in [6, 6.07) is 0. The van der Waals surface area contributed by atoms with Gasteiger partial charge in [-0.2, -0.15) is 0 Å². The smallest absolute Gasteiger partial charge is 0.0402 e. The zero-order chi connectivity index (χ0) is 15.1. The average molecular weight is 276 g/mol. The van der Waals surface area contributed by atoms with Gasteiger partial charge >= 0.3 is 0 Å². The van der Waals surface area contributed by atoms with Crippen molar-refractivity contribution in [2.24, 2.45) is 0 Å². The van der Waals surface area contributed by atoms with Gasteiger partial charge in [-0.3, -0.25) is 0 Å². The van der Waals surface area contributed by atoms with Crippen molar-refractivity contribution in [3.63, 3.8) is 0 Å². The monoisotopic (exact) mass is 276 g/mol. The van der Waals surface area contributed by atoms with E-state index in [4.69, 9.17) is 11.5 Å². The number of benzene rings is 1. The van der Waals surface area contributed by atoms with Crippen LogP contribution in [0.5, 0.6) is 0 Å². The third-order valence-corrected chi connectivity index (χ3v) is 4.03. The van der Waals surface area contributed by atoms with Crippen molar-refractivity contribution < 1.29 is 0 Å². The highest BCUT2D eigenvalue weighted by Crippen LogP contribution is 2.35. The average Bonchev–Trinajstić information content (AvgIpc) is 2.43. The van der Waals surface area contributed by atoms with E-state index in [-0.39, 0.29) is 0 Å². The lowest BCUT2D eigenvalue weighted by Gasteiger charge is -2.23. The van der Waals surface area contributed by atoms with E-state index in [1.807, 2.05) is 0 Å². The summed E-state index contributed by atoms with van der Waals surface area (Å²) in [6.45, 7) is 8.88. The molecule has 0 aromatic heterocycles. The third-order valence-electron chi connectivity index (χ3n) is 4.03. The number of rotatable bonds is 8. The fourth-order valence-corrected chi connectivity index (χ4v) is 3.16. The van der Waals surface area contributed by atoms with E-state index in [1.54, 1.807) is 0 Å². The Kier molecular flexibility index (Phi) is 6.90. The molecule has 1 aromatic rings. The molecule has 0 unspecified atom stereocenters. The molecule has 1 aromatic carbocycles. The molecule has 0 spiro atoms. The largest absolute Gasteiger partial charge is 0.398 e. The highest BCUT2D eigenvalue weighted by Gasteiger charge is 2.18. The molecular weight excluding hydrogens is 244 g/mol. The van der Waals surface area contributed by atoms with E-state index in [2.05, 4.69) is 27.7 Å². The first-order valence-electron chi connectivity index (χ1n) is 8.32. The van der Waals surface area contributed by atoms with Crippen LogP contribution in [0.15, 0.2) is 0 Å². The molecule has 0 aliphatic rings. The molecule has 20 heavy (non-hydrogen) atoms. The van der Waals surface area contributed by atoms with Crippen molar-refractivity contribution in [2.75, 3.05) is 11.5 Å². The van der Waals surface area contributed by atoms with E-state index < -0.39 is 0 Å². The second-order valence-electron chi connectivity index (χ2n) is 5.74. The maximum absolute atomic E-state index is 6.47. The van der Waals surface area contributed by atoms with E-state index in [1.165, 1.54) is 22.3 Å². The van der Waals surface area contributed by atoms with Gasteiger partial charge in [0, 0.05) is 11.4 Å². The second-order valence-corrected chi connectivity index (χ2v) is 5.74. The Morgan fingerprint density at radius 2 is 0.800 bits per heavy atom. The van der Waals surface area contributed by atoms with Crippen molar-refractivity contribution in [1.82, 2.24) is 0 Å².